The lowest BCUT2D eigenvalue weighted by Gasteiger charge is -2.38. The fourth-order valence-corrected chi connectivity index (χ4v) is 3.11. The molecule has 0 amide bonds. The van der Waals surface area contributed by atoms with Gasteiger partial charge in [0, 0.05) is 12.0 Å². The molecule has 2 heteroatoms. The first kappa shape index (κ1) is 19.9. The number of likely N-dealkylation sites (N-methyl/N-ethyl adjacent to an activating group) is 1. The van der Waals surface area contributed by atoms with Crippen molar-refractivity contribution in [3.63, 3.8) is 0 Å². The molecule has 1 aromatic rings. The van der Waals surface area contributed by atoms with Gasteiger partial charge in [-0.25, -0.2) is 0 Å². The highest BCUT2D eigenvalue weighted by Crippen LogP contribution is 2.27. The monoisotopic (exact) mass is 317 g/mol. The Hall–Kier alpha value is -1.15. The molecule has 0 aliphatic rings. The molecule has 1 aromatic carbocycles. The Balaban J connectivity index is 2.78. The summed E-state index contributed by atoms with van der Waals surface area (Å²) >= 11 is 0. The number of nitrogens with zero attached hydrogens (tertiary/aromatic N) is 1. The van der Waals surface area contributed by atoms with Crippen LogP contribution in [-0.2, 0) is 11.2 Å². The zero-order valence-corrected chi connectivity index (χ0v) is 16.0. The molecule has 0 radical (unpaired) electrons. The predicted molar refractivity (Wildman–Crippen MR) is 99.6 cm³/mol. The summed E-state index contributed by atoms with van der Waals surface area (Å²) in [7, 11) is 2.09. The quantitative estimate of drug-likeness (QED) is 0.650. The molecule has 0 heterocycles. The third-order valence-electron chi connectivity index (χ3n) is 5.24. The van der Waals surface area contributed by atoms with Crippen LogP contribution in [0.25, 0.3) is 0 Å². The topological polar surface area (TPSA) is 20.3 Å². The number of aryl methyl sites for hydroxylation is 1. The van der Waals surface area contributed by atoms with Gasteiger partial charge < -0.3 is 0 Å². The summed E-state index contributed by atoms with van der Waals surface area (Å²) in [5.41, 5.74) is 1.38. The highest BCUT2D eigenvalue weighted by molar-refractivity contribution is 5.86. The van der Waals surface area contributed by atoms with Crippen LogP contribution in [-0.4, -0.2) is 29.8 Å². The molecule has 0 aromatic heterocycles. The van der Waals surface area contributed by atoms with Gasteiger partial charge in [0.15, 0.2) is 5.78 Å². The standard InChI is InChI=1S/C21H35NO/c1-15(2)21(23)20(22(7)16(3)4)18(6)17(5)13-14-19-11-9-8-10-12-19/h8-12,15-18,20H,13-14H2,1-7H3/t17-,18-,20+/m1/s1. The number of Topliss-reactive ketones (excluding diaryl/α,β-unsaturated/α-hetero) is 1. The van der Waals surface area contributed by atoms with Crippen LogP contribution < -0.4 is 0 Å². The molecule has 0 aliphatic carbocycles. The predicted octanol–water partition coefficient (Wildman–Crippen LogP) is 4.83. The number of benzene rings is 1. The van der Waals surface area contributed by atoms with Crippen LogP contribution in [0.15, 0.2) is 30.3 Å². The fourth-order valence-electron chi connectivity index (χ4n) is 3.11. The van der Waals surface area contributed by atoms with E-state index in [1.54, 1.807) is 0 Å². The fraction of sp³-hybridized carbons (Fsp3) is 0.667. The minimum absolute atomic E-state index is 0.0146. The maximum absolute atomic E-state index is 12.8. The zero-order valence-electron chi connectivity index (χ0n) is 16.0. The van der Waals surface area contributed by atoms with Crippen molar-refractivity contribution in [1.82, 2.24) is 4.90 Å². The van der Waals surface area contributed by atoms with E-state index in [1.165, 1.54) is 5.56 Å². The van der Waals surface area contributed by atoms with Crippen molar-refractivity contribution in [2.24, 2.45) is 17.8 Å². The van der Waals surface area contributed by atoms with E-state index in [4.69, 9.17) is 0 Å². The van der Waals surface area contributed by atoms with Gasteiger partial charge in [-0.3, -0.25) is 9.69 Å². The van der Waals surface area contributed by atoms with Crippen LogP contribution in [0.3, 0.4) is 0 Å². The highest BCUT2D eigenvalue weighted by atomic mass is 16.1. The second-order valence-electron chi connectivity index (χ2n) is 7.62. The van der Waals surface area contributed by atoms with Crippen molar-refractivity contribution in [2.45, 2.75) is 66.5 Å². The number of hydrogen-bond acceptors (Lipinski definition) is 2. The molecule has 1 rings (SSSR count). The maximum Gasteiger partial charge on any atom is 0.152 e. The van der Waals surface area contributed by atoms with Crippen LogP contribution in [0.1, 0.15) is 53.5 Å². The van der Waals surface area contributed by atoms with Crippen LogP contribution in [0.2, 0.25) is 0 Å². The largest absolute Gasteiger partial charge is 0.298 e. The minimum Gasteiger partial charge on any atom is -0.298 e. The lowest BCUT2D eigenvalue weighted by molar-refractivity contribution is -0.130. The van der Waals surface area contributed by atoms with E-state index in [-0.39, 0.29) is 12.0 Å². The van der Waals surface area contributed by atoms with Gasteiger partial charge in [-0.05, 0) is 51.1 Å². The molecule has 2 nitrogen and oxygen atoms in total. The number of carbonyl (C=O) groups excluding carboxylic acids is 1. The molecule has 0 saturated carbocycles. The average molecular weight is 318 g/mol. The Morgan fingerprint density at radius 3 is 2.04 bits per heavy atom. The van der Waals surface area contributed by atoms with E-state index in [9.17, 15) is 4.79 Å². The van der Waals surface area contributed by atoms with E-state index >= 15 is 0 Å². The summed E-state index contributed by atoms with van der Waals surface area (Å²) in [4.78, 5) is 15.0. The van der Waals surface area contributed by atoms with Crippen molar-refractivity contribution in [1.29, 1.82) is 0 Å². The van der Waals surface area contributed by atoms with Gasteiger partial charge in [0.2, 0.25) is 0 Å². The third kappa shape index (κ3) is 5.76. The van der Waals surface area contributed by atoms with E-state index < -0.39 is 0 Å². The van der Waals surface area contributed by atoms with E-state index in [1.807, 2.05) is 13.8 Å². The van der Waals surface area contributed by atoms with Gasteiger partial charge in [0.25, 0.3) is 0 Å². The second kappa shape index (κ2) is 9.22. The SMILES string of the molecule is CC(C)C(=O)[C@H]([C@H](C)[C@H](C)CCc1ccccc1)N(C)C(C)C. The average Bonchev–Trinajstić information content (AvgIpc) is 2.53. The first-order valence-corrected chi connectivity index (χ1v) is 9.05. The van der Waals surface area contributed by atoms with E-state index in [0.29, 0.717) is 23.7 Å². The Kier molecular flexibility index (Phi) is 7.98. The second-order valence-corrected chi connectivity index (χ2v) is 7.62. The van der Waals surface area contributed by atoms with Gasteiger partial charge in [0.05, 0.1) is 6.04 Å². The summed E-state index contributed by atoms with van der Waals surface area (Å²) < 4.78 is 0. The molecular formula is C21H35NO. The van der Waals surface area contributed by atoms with E-state index in [2.05, 4.69) is 70.0 Å². The van der Waals surface area contributed by atoms with Crippen LogP contribution in [0.5, 0.6) is 0 Å². The van der Waals surface area contributed by atoms with Crippen molar-refractivity contribution in [2.75, 3.05) is 7.05 Å². The molecular weight excluding hydrogens is 282 g/mol. The van der Waals surface area contributed by atoms with Gasteiger partial charge in [0.1, 0.15) is 0 Å². The van der Waals surface area contributed by atoms with Crippen molar-refractivity contribution in [3.05, 3.63) is 35.9 Å². The molecule has 0 unspecified atom stereocenters. The Bertz CT molecular complexity index is 466. The molecule has 0 spiro atoms. The molecule has 0 saturated heterocycles. The Morgan fingerprint density at radius 1 is 1.00 bits per heavy atom. The molecule has 0 N–H and O–H groups in total. The molecule has 0 fully saturated rings. The highest BCUT2D eigenvalue weighted by Gasteiger charge is 2.34. The molecule has 130 valence electrons. The Labute approximate surface area is 143 Å². The third-order valence-corrected chi connectivity index (χ3v) is 5.24. The van der Waals surface area contributed by atoms with Gasteiger partial charge in [-0.15, -0.1) is 0 Å². The number of carbonyl (C=O) groups is 1. The number of rotatable bonds is 9. The first-order chi connectivity index (χ1) is 10.8. The molecule has 0 bridgehead atoms. The van der Waals surface area contributed by atoms with Crippen LogP contribution >= 0.6 is 0 Å². The summed E-state index contributed by atoms with van der Waals surface area (Å²) in [6, 6.07) is 11.0. The lowest BCUT2D eigenvalue weighted by Crippen LogP contribution is -2.49. The first-order valence-electron chi connectivity index (χ1n) is 9.05. The normalized spacial score (nSPS) is 15.9. The minimum atomic E-state index is 0.0146. The number of hydrogen-bond donors (Lipinski definition) is 0. The van der Waals surface area contributed by atoms with Crippen molar-refractivity contribution >= 4 is 5.78 Å². The summed E-state index contributed by atoms with van der Waals surface area (Å²) in [6.07, 6.45) is 2.21. The zero-order chi connectivity index (χ0) is 17.6. The smallest absolute Gasteiger partial charge is 0.152 e. The maximum atomic E-state index is 12.8. The van der Waals surface area contributed by atoms with E-state index in [0.717, 1.165) is 12.8 Å². The van der Waals surface area contributed by atoms with Crippen molar-refractivity contribution < 1.29 is 4.79 Å². The summed E-state index contributed by atoms with van der Waals surface area (Å²) in [5.74, 6) is 1.34. The lowest BCUT2D eigenvalue weighted by atomic mass is 9.80. The van der Waals surface area contributed by atoms with Gasteiger partial charge in [-0.1, -0.05) is 58.0 Å². The van der Waals surface area contributed by atoms with Gasteiger partial charge in [-0.2, -0.15) is 0 Å². The van der Waals surface area contributed by atoms with Crippen LogP contribution in [0.4, 0.5) is 0 Å². The van der Waals surface area contributed by atoms with Crippen molar-refractivity contribution in [3.8, 4) is 0 Å². The molecule has 3 atom stereocenters. The Morgan fingerprint density at radius 2 is 1.57 bits per heavy atom. The molecule has 0 aliphatic heterocycles. The van der Waals surface area contributed by atoms with Gasteiger partial charge >= 0.3 is 0 Å². The summed E-state index contributed by atoms with van der Waals surface area (Å²) in [5, 5.41) is 0. The van der Waals surface area contributed by atoms with Crippen LogP contribution in [0, 0.1) is 17.8 Å². The molecule has 23 heavy (non-hydrogen) atoms. The number of ketones is 1. The summed E-state index contributed by atoms with van der Waals surface area (Å²) in [6.45, 7) is 12.9.